The highest BCUT2D eigenvalue weighted by molar-refractivity contribution is 4.85. The van der Waals surface area contributed by atoms with Crippen molar-refractivity contribution in [1.82, 2.24) is 0 Å². The summed E-state index contributed by atoms with van der Waals surface area (Å²) in [5.74, 6) is 0. The maximum atomic E-state index is 8.13. The maximum absolute atomic E-state index is 8.13. The van der Waals surface area contributed by atoms with Gasteiger partial charge in [0.05, 0.1) is 12.1 Å². The summed E-state index contributed by atoms with van der Waals surface area (Å²) in [5, 5.41) is 8.13. The minimum Gasteiger partial charge on any atom is -0.385 e. The molecule has 0 aliphatic heterocycles. The molecule has 8 heavy (non-hydrogen) atoms. The molecule has 1 unspecified atom stereocenters. The zero-order valence-corrected chi connectivity index (χ0v) is 4.92. The van der Waals surface area contributed by atoms with E-state index in [0.717, 1.165) is 0 Å². The SMILES string of the molecule is COCCC(N)C#N. The topological polar surface area (TPSA) is 59.0 Å². The van der Waals surface area contributed by atoms with Gasteiger partial charge < -0.3 is 10.5 Å². The third kappa shape index (κ3) is 3.59. The standard InChI is InChI=1S/C5H10N2O/c1-8-3-2-5(7)4-6/h5H,2-3,7H2,1H3. The molecule has 0 amide bonds. The van der Waals surface area contributed by atoms with Gasteiger partial charge in [-0.25, -0.2) is 0 Å². The molecular formula is C5H10N2O. The van der Waals surface area contributed by atoms with Gasteiger partial charge in [0.1, 0.15) is 0 Å². The van der Waals surface area contributed by atoms with Gasteiger partial charge in [0.25, 0.3) is 0 Å². The summed E-state index contributed by atoms with van der Waals surface area (Å²) >= 11 is 0. The molecule has 0 aliphatic rings. The Bertz CT molecular complexity index is 86.9. The first-order valence-electron chi connectivity index (χ1n) is 2.45. The van der Waals surface area contributed by atoms with E-state index in [-0.39, 0.29) is 6.04 Å². The van der Waals surface area contributed by atoms with E-state index in [4.69, 9.17) is 11.0 Å². The van der Waals surface area contributed by atoms with Crippen LogP contribution >= 0.6 is 0 Å². The van der Waals surface area contributed by atoms with E-state index in [9.17, 15) is 0 Å². The van der Waals surface area contributed by atoms with Crippen molar-refractivity contribution in [3.05, 3.63) is 0 Å². The van der Waals surface area contributed by atoms with Crippen LogP contribution in [0.5, 0.6) is 0 Å². The lowest BCUT2D eigenvalue weighted by atomic mass is 10.3. The zero-order valence-electron chi connectivity index (χ0n) is 4.92. The van der Waals surface area contributed by atoms with Crippen molar-refractivity contribution in [3.63, 3.8) is 0 Å². The van der Waals surface area contributed by atoms with Crippen LogP contribution in [0.4, 0.5) is 0 Å². The van der Waals surface area contributed by atoms with Gasteiger partial charge in [-0.3, -0.25) is 0 Å². The fraction of sp³-hybridized carbons (Fsp3) is 0.800. The molecule has 3 heteroatoms. The molecule has 0 aromatic heterocycles. The lowest BCUT2D eigenvalue weighted by Gasteiger charge is -1.97. The molecule has 0 rings (SSSR count). The Morgan fingerprint density at radius 1 is 1.88 bits per heavy atom. The van der Waals surface area contributed by atoms with Crippen molar-refractivity contribution < 1.29 is 4.74 Å². The summed E-state index contributed by atoms with van der Waals surface area (Å²) in [6.07, 6.45) is 0.618. The summed E-state index contributed by atoms with van der Waals surface area (Å²) in [4.78, 5) is 0. The van der Waals surface area contributed by atoms with Crippen LogP contribution in [-0.4, -0.2) is 19.8 Å². The van der Waals surface area contributed by atoms with Crippen molar-refractivity contribution in [1.29, 1.82) is 5.26 Å². The van der Waals surface area contributed by atoms with E-state index in [2.05, 4.69) is 4.74 Å². The molecule has 0 fully saturated rings. The number of methoxy groups -OCH3 is 1. The average Bonchev–Trinajstić information content (AvgIpc) is 1.83. The van der Waals surface area contributed by atoms with Crippen LogP contribution in [0, 0.1) is 11.3 Å². The summed E-state index contributed by atoms with van der Waals surface area (Å²) in [5.41, 5.74) is 5.22. The van der Waals surface area contributed by atoms with Gasteiger partial charge >= 0.3 is 0 Å². The first kappa shape index (κ1) is 7.41. The summed E-state index contributed by atoms with van der Waals surface area (Å²) in [7, 11) is 1.59. The van der Waals surface area contributed by atoms with Gasteiger partial charge in [0.2, 0.25) is 0 Å². The van der Waals surface area contributed by atoms with Crippen LogP contribution in [0.3, 0.4) is 0 Å². The second kappa shape index (κ2) is 4.57. The number of hydrogen-bond acceptors (Lipinski definition) is 3. The fourth-order valence-corrected chi connectivity index (χ4v) is 0.309. The molecule has 0 radical (unpaired) electrons. The Hall–Kier alpha value is -0.590. The van der Waals surface area contributed by atoms with Crippen LogP contribution in [0.15, 0.2) is 0 Å². The molecule has 0 bridgehead atoms. The van der Waals surface area contributed by atoms with Crippen molar-refractivity contribution in [2.45, 2.75) is 12.5 Å². The number of ether oxygens (including phenoxy) is 1. The van der Waals surface area contributed by atoms with E-state index in [0.29, 0.717) is 13.0 Å². The maximum Gasteiger partial charge on any atom is 0.0950 e. The molecule has 0 aromatic rings. The highest BCUT2D eigenvalue weighted by Crippen LogP contribution is 1.83. The molecule has 0 saturated heterocycles. The lowest BCUT2D eigenvalue weighted by Crippen LogP contribution is -2.18. The van der Waals surface area contributed by atoms with Gasteiger partial charge in [-0.05, 0) is 6.42 Å². The summed E-state index contributed by atoms with van der Waals surface area (Å²) in [6.45, 7) is 0.564. The molecule has 0 aromatic carbocycles. The van der Waals surface area contributed by atoms with Crippen LogP contribution in [0.25, 0.3) is 0 Å². The van der Waals surface area contributed by atoms with Gasteiger partial charge in [-0.15, -0.1) is 0 Å². The third-order valence-corrected chi connectivity index (χ3v) is 0.799. The first-order chi connectivity index (χ1) is 3.81. The van der Waals surface area contributed by atoms with Gasteiger partial charge in [-0.2, -0.15) is 5.26 Å². The lowest BCUT2D eigenvalue weighted by molar-refractivity contribution is 0.192. The Morgan fingerprint density at radius 2 is 2.50 bits per heavy atom. The molecule has 0 spiro atoms. The van der Waals surface area contributed by atoms with E-state index >= 15 is 0 Å². The molecule has 1 atom stereocenters. The zero-order chi connectivity index (χ0) is 6.41. The van der Waals surface area contributed by atoms with E-state index < -0.39 is 0 Å². The average molecular weight is 114 g/mol. The van der Waals surface area contributed by atoms with Crippen molar-refractivity contribution in [2.75, 3.05) is 13.7 Å². The molecular weight excluding hydrogens is 104 g/mol. The summed E-state index contributed by atoms with van der Waals surface area (Å²) < 4.78 is 4.68. The Morgan fingerprint density at radius 3 is 2.88 bits per heavy atom. The Labute approximate surface area is 49.0 Å². The predicted octanol–water partition coefficient (Wildman–Crippen LogP) is -0.126. The van der Waals surface area contributed by atoms with Crippen molar-refractivity contribution >= 4 is 0 Å². The molecule has 0 saturated carbocycles. The van der Waals surface area contributed by atoms with Crippen LogP contribution in [-0.2, 0) is 4.74 Å². The third-order valence-electron chi connectivity index (χ3n) is 0.799. The number of rotatable bonds is 3. The number of nitrogens with two attached hydrogens (primary N) is 1. The van der Waals surface area contributed by atoms with Gasteiger partial charge in [-0.1, -0.05) is 0 Å². The molecule has 0 aliphatic carbocycles. The highest BCUT2D eigenvalue weighted by atomic mass is 16.5. The fourth-order valence-electron chi connectivity index (χ4n) is 0.309. The minimum absolute atomic E-state index is 0.366. The second-order valence-corrected chi connectivity index (χ2v) is 1.52. The molecule has 2 N–H and O–H groups in total. The second-order valence-electron chi connectivity index (χ2n) is 1.52. The Kier molecular flexibility index (Phi) is 4.23. The summed E-state index contributed by atoms with van der Waals surface area (Å²) in [6, 6.07) is 1.53. The molecule has 3 nitrogen and oxygen atoms in total. The van der Waals surface area contributed by atoms with Crippen LogP contribution < -0.4 is 5.73 Å². The van der Waals surface area contributed by atoms with Gasteiger partial charge in [0.15, 0.2) is 0 Å². The van der Waals surface area contributed by atoms with Crippen molar-refractivity contribution in [2.24, 2.45) is 5.73 Å². The van der Waals surface area contributed by atoms with E-state index in [1.165, 1.54) is 0 Å². The monoisotopic (exact) mass is 114 g/mol. The number of nitriles is 1. The normalized spacial score (nSPS) is 12.6. The van der Waals surface area contributed by atoms with Crippen molar-refractivity contribution in [3.8, 4) is 6.07 Å². The molecule has 46 valence electrons. The Balaban J connectivity index is 3.02. The highest BCUT2D eigenvalue weighted by Gasteiger charge is 1.95. The quantitative estimate of drug-likeness (QED) is 0.556. The smallest absolute Gasteiger partial charge is 0.0950 e. The largest absolute Gasteiger partial charge is 0.385 e. The minimum atomic E-state index is -0.366. The van der Waals surface area contributed by atoms with Gasteiger partial charge in [0, 0.05) is 13.7 Å². The first-order valence-corrected chi connectivity index (χ1v) is 2.45. The van der Waals surface area contributed by atoms with Crippen LogP contribution in [0.2, 0.25) is 0 Å². The van der Waals surface area contributed by atoms with Crippen LogP contribution in [0.1, 0.15) is 6.42 Å². The predicted molar refractivity (Wildman–Crippen MR) is 30.1 cm³/mol. The number of hydrogen-bond donors (Lipinski definition) is 1. The number of nitrogens with zero attached hydrogens (tertiary/aromatic N) is 1. The van der Waals surface area contributed by atoms with E-state index in [1.807, 2.05) is 6.07 Å². The van der Waals surface area contributed by atoms with E-state index in [1.54, 1.807) is 7.11 Å². The molecule has 0 heterocycles.